The van der Waals surface area contributed by atoms with Crippen LogP contribution in [0.2, 0.25) is 0 Å². The second-order valence-corrected chi connectivity index (χ2v) is 6.19. The summed E-state index contributed by atoms with van der Waals surface area (Å²) in [6.07, 6.45) is 1.94. The molecule has 0 saturated heterocycles. The van der Waals surface area contributed by atoms with Gasteiger partial charge >= 0.3 is 0 Å². The van der Waals surface area contributed by atoms with Crippen LogP contribution in [0.15, 0.2) is 54.7 Å². The van der Waals surface area contributed by atoms with E-state index in [9.17, 15) is 0 Å². The molecule has 0 bridgehead atoms. The first-order valence-electron chi connectivity index (χ1n) is 8.45. The van der Waals surface area contributed by atoms with E-state index in [1.807, 2.05) is 41.2 Å². The molecule has 5 nitrogen and oxygen atoms in total. The highest BCUT2D eigenvalue weighted by molar-refractivity contribution is 5.48. The number of aromatic nitrogens is 2. The van der Waals surface area contributed by atoms with Gasteiger partial charge in [0.2, 0.25) is 6.79 Å². The van der Waals surface area contributed by atoms with Crippen LogP contribution in [0.1, 0.15) is 29.8 Å². The van der Waals surface area contributed by atoms with Crippen LogP contribution in [-0.2, 0) is 6.54 Å². The molecule has 1 aliphatic heterocycles. The quantitative estimate of drug-likeness (QED) is 0.771. The van der Waals surface area contributed by atoms with Crippen molar-refractivity contribution in [1.82, 2.24) is 15.1 Å². The van der Waals surface area contributed by atoms with Crippen molar-refractivity contribution >= 4 is 0 Å². The Balaban J connectivity index is 1.50. The minimum Gasteiger partial charge on any atom is -0.454 e. The zero-order chi connectivity index (χ0) is 17.2. The van der Waals surface area contributed by atoms with Crippen molar-refractivity contribution in [2.75, 3.05) is 6.79 Å². The van der Waals surface area contributed by atoms with E-state index in [-0.39, 0.29) is 6.04 Å². The zero-order valence-electron chi connectivity index (χ0n) is 14.4. The normalized spacial score (nSPS) is 13.8. The lowest BCUT2D eigenvalue weighted by molar-refractivity contribution is 0.173. The average Bonchev–Trinajstić information content (AvgIpc) is 3.27. The topological polar surface area (TPSA) is 48.3 Å². The van der Waals surface area contributed by atoms with Crippen molar-refractivity contribution in [2.24, 2.45) is 0 Å². The van der Waals surface area contributed by atoms with Crippen molar-refractivity contribution in [3.8, 4) is 17.2 Å². The molecule has 128 valence electrons. The van der Waals surface area contributed by atoms with E-state index in [2.05, 4.69) is 42.5 Å². The van der Waals surface area contributed by atoms with Crippen LogP contribution in [0.5, 0.6) is 11.5 Å². The van der Waals surface area contributed by atoms with E-state index in [0.29, 0.717) is 13.3 Å². The van der Waals surface area contributed by atoms with Crippen LogP contribution in [0.3, 0.4) is 0 Å². The molecule has 1 unspecified atom stereocenters. The highest BCUT2D eigenvalue weighted by atomic mass is 16.7. The molecule has 1 aliphatic rings. The number of ether oxygens (including phenoxy) is 2. The number of nitrogens with zero attached hydrogens (tertiary/aromatic N) is 2. The standard InChI is InChI=1S/C20H21N3O2/c1-14(21-11-16-7-6-10-19-20(16)25-13-24-19)18-12-22-23(15(18)2)17-8-4-3-5-9-17/h3-10,12,14,21H,11,13H2,1-2H3. The van der Waals surface area contributed by atoms with Gasteiger partial charge in [0.15, 0.2) is 11.5 Å². The number of benzene rings is 2. The zero-order valence-corrected chi connectivity index (χ0v) is 14.4. The Kier molecular flexibility index (Phi) is 4.15. The van der Waals surface area contributed by atoms with Gasteiger partial charge < -0.3 is 14.8 Å². The lowest BCUT2D eigenvalue weighted by Gasteiger charge is -2.15. The Labute approximate surface area is 147 Å². The summed E-state index contributed by atoms with van der Waals surface area (Å²) in [5.41, 5.74) is 4.51. The van der Waals surface area contributed by atoms with Crippen LogP contribution >= 0.6 is 0 Å². The summed E-state index contributed by atoms with van der Waals surface area (Å²) in [5, 5.41) is 8.11. The maximum atomic E-state index is 5.57. The Morgan fingerprint density at radius 2 is 1.96 bits per heavy atom. The van der Waals surface area contributed by atoms with Crippen molar-refractivity contribution in [1.29, 1.82) is 0 Å². The molecule has 5 heteroatoms. The predicted molar refractivity (Wildman–Crippen MR) is 96.1 cm³/mol. The number of hydrogen-bond acceptors (Lipinski definition) is 4. The molecule has 2 aromatic carbocycles. The largest absolute Gasteiger partial charge is 0.454 e. The first kappa shape index (κ1) is 15.7. The van der Waals surface area contributed by atoms with Gasteiger partial charge in [0, 0.05) is 29.4 Å². The van der Waals surface area contributed by atoms with Crippen molar-refractivity contribution in [3.05, 3.63) is 71.5 Å². The summed E-state index contributed by atoms with van der Waals surface area (Å²) in [5.74, 6) is 1.67. The van der Waals surface area contributed by atoms with Gasteiger partial charge in [-0.2, -0.15) is 5.10 Å². The minimum atomic E-state index is 0.177. The van der Waals surface area contributed by atoms with Gasteiger partial charge in [-0.05, 0) is 32.0 Å². The number of hydrogen-bond donors (Lipinski definition) is 1. The van der Waals surface area contributed by atoms with Crippen LogP contribution in [0.4, 0.5) is 0 Å². The van der Waals surface area contributed by atoms with E-state index in [1.165, 1.54) is 5.56 Å². The molecule has 0 fully saturated rings. The summed E-state index contributed by atoms with van der Waals surface area (Å²) in [4.78, 5) is 0. The van der Waals surface area contributed by atoms with E-state index in [4.69, 9.17) is 9.47 Å². The van der Waals surface area contributed by atoms with Crippen LogP contribution in [0.25, 0.3) is 5.69 Å². The van der Waals surface area contributed by atoms with Crippen molar-refractivity contribution in [3.63, 3.8) is 0 Å². The third-order valence-corrected chi connectivity index (χ3v) is 4.59. The molecular weight excluding hydrogens is 314 g/mol. The first-order chi connectivity index (χ1) is 12.2. The molecule has 4 rings (SSSR count). The van der Waals surface area contributed by atoms with E-state index in [0.717, 1.165) is 28.4 Å². The van der Waals surface area contributed by atoms with Crippen LogP contribution < -0.4 is 14.8 Å². The molecule has 0 saturated carbocycles. The summed E-state index contributed by atoms with van der Waals surface area (Å²) < 4.78 is 13.0. The fourth-order valence-corrected chi connectivity index (χ4v) is 3.18. The molecule has 2 heterocycles. The summed E-state index contributed by atoms with van der Waals surface area (Å²) in [6, 6.07) is 16.3. The van der Waals surface area contributed by atoms with Gasteiger partial charge in [-0.3, -0.25) is 0 Å². The molecular formula is C20H21N3O2. The number of rotatable bonds is 5. The SMILES string of the molecule is Cc1c(C(C)NCc2cccc3c2OCO3)cnn1-c1ccccc1. The Morgan fingerprint density at radius 3 is 2.80 bits per heavy atom. The highest BCUT2D eigenvalue weighted by Crippen LogP contribution is 2.35. The molecule has 1 N–H and O–H groups in total. The van der Waals surface area contributed by atoms with Crippen LogP contribution in [0, 0.1) is 6.92 Å². The smallest absolute Gasteiger partial charge is 0.231 e. The summed E-state index contributed by atoms with van der Waals surface area (Å²) in [6.45, 7) is 5.26. The monoisotopic (exact) mass is 335 g/mol. The maximum Gasteiger partial charge on any atom is 0.231 e. The Hall–Kier alpha value is -2.79. The second kappa shape index (κ2) is 6.61. The predicted octanol–water partition coefficient (Wildman–Crippen LogP) is 3.76. The van der Waals surface area contributed by atoms with Gasteiger partial charge in [0.1, 0.15) is 0 Å². The Bertz CT molecular complexity index is 874. The molecule has 3 aromatic rings. The lowest BCUT2D eigenvalue weighted by atomic mass is 10.1. The van der Waals surface area contributed by atoms with E-state index < -0.39 is 0 Å². The molecule has 1 atom stereocenters. The first-order valence-corrected chi connectivity index (χ1v) is 8.45. The third-order valence-electron chi connectivity index (χ3n) is 4.59. The van der Waals surface area contributed by atoms with Gasteiger partial charge in [0.25, 0.3) is 0 Å². The van der Waals surface area contributed by atoms with Gasteiger partial charge in [-0.1, -0.05) is 30.3 Å². The number of para-hydroxylation sites is 2. The second-order valence-electron chi connectivity index (χ2n) is 6.19. The molecule has 1 aromatic heterocycles. The fourth-order valence-electron chi connectivity index (χ4n) is 3.18. The molecule has 0 aliphatic carbocycles. The van der Waals surface area contributed by atoms with Crippen LogP contribution in [-0.4, -0.2) is 16.6 Å². The highest BCUT2D eigenvalue weighted by Gasteiger charge is 2.19. The van der Waals surface area contributed by atoms with Gasteiger partial charge in [0.05, 0.1) is 11.9 Å². The minimum absolute atomic E-state index is 0.177. The van der Waals surface area contributed by atoms with Gasteiger partial charge in [-0.25, -0.2) is 4.68 Å². The summed E-state index contributed by atoms with van der Waals surface area (Å²) in [7, 11) is 0. The fraction of sp³-hybridized carbons (Fsp3) is 0.250. The van der Waals surface area contributed by atoms with Gasteiger partial charge in [-0.15, -0.1) is 0 Å². The number of nitrogens with one attached hydrogen (secondary N) is 1. The lowest BCUT2D eigenvalue weighted by Crippen LogP contribution is -2.19. The molecule has 0 amide bonds. The third kappa shape index (κ3) is 2.98. The molecule has 0 spiro atoms. The Morgan fingerprint density at radius 1 is 1.12 bits per heavy atom. The van der Waals surface area contributed by atoms with E-state index in [1.54, 1.807) is 0 Å². The van der Waals surface area contributed by atoms with E-state index >= 15 is 0 Å². The summed E-state index contributed by atoms with van der Waals surface area (Å²) >= 11 is 0. The maximum absolute atomic E-state index is 5.57. The van der Waals surface area contributed by atoms with Crippen molar-refractivity contribution in [2.45, 2.75) is 26.4 Å². The average molecular weight is 335 g/mol. The molecule has 25 heavy (non-hydrogen) atoms. The van der Waals surface area contributed by atoms with Crippen molar-refractivity contribution < 1.29 is 9.47 Å². The number of fused-ring (bicyclic) bond motifs is 1. The molecule has 0 radical (unpaired) electrons.